The summed E-state index contributed by atoms with van der Waals surface area (Å²) in [5, 5.41) is 12.3. The number of rotatable bonds is 6. The van der Waals surface area contributed by atoms with Gasteiger partial charge < -0.3 is 15.2 Å². The van der Waals surface area contributed by atoms with Gasteiger partial charge in [-0.15, -0.1) is 0 Å². The first-order valence-electron chi connectivity index (χ1n) is 7.05. The molecule has 4 nitrogen and oxygen atoms in total. The molecule has 2 atom stereocenters. The number of carboxylic acid groups (broad SMARTS) is 1. The fourth-order valence-corrected chi connectivity index (χ4v) is 2.71. The molecule has 0 heterocycles. The van der Waals surface area contributed by atoms with E-state index < -0.39 is 12.6 Å². The summed E-state index contributed by atoms with van der Waals surface area (Å²) in [7, 11) is 0. The highest BCUT2D eigenvalue weighted by atomic mass is 19.3. The van der Waals surface area contributed by atoms with Crippen LogP contribution < -0.4 is 10.1 Å². The molecule has 0 bridgehead atoms. The molecule has 0 radical (unpaired) electrons. The Bertz CT molecular complexity index is 482. The van der Waals surface area contributed by atoms with Crippen molar-refractivity contribution in [2.45, 2.75) is 44.9 Å². The molecule has 6 heteroatoms. The molecule has 1 saturated carbocycles. The SMILES string of the molecule is O=C(O)C1CCCC(NCc2ccccc2OC(F)F)C1. The van der Waals surface area contributed by atoms with Gasteiger partial charge in [-0.1, -0.05) is 24.6 Å². The Balaban J connectivity index is 1.92. The molecule has 116 valence electrons. The number of ether oxygens (including phenoxy) is 1. The van der Waals surface area contributed by atoms with E-state index in [2.05, 4.69) is 10.1 Å². The van der Waals surface area contributed by atoms with Crippen molar-refractivity contribution in [1.82, 2.24) is 5.32 Å². The topological polar surface area (TPSA) is 58.6 Å². The summed E-state index contributed by atoms with van der Waals surface area (Å²) in [6.07, 6.45) is 3.05. The second-order valence-electron chi connectivity index (χ2n) is 5.27. The molecular weight excluding hydrogens is 280 g/mol. The summed E-state index contributed by atoms with van der Waals surface area (Å²) in [6.45, 7) is -2.46. The van der Waals surface area contributed by atoms with E-state index in [1.165, 1.54) is 6.07 Å². The van der Waals surface area contributed by atoms with Crippen molar-refractivity contribution in [3.63, 3.8) is 0 Å². The van der Waals surface area contributed by atoms with Gasteiger partial charge in [0.15, 0.2) is 0 Å². The lowest BCUT2D eigenvalue weighted by Gasteiger charge is -2.27. The fourth-order valence-electron chi connectivity index (χ4n) is 2.71. The van der Waals surface area contributed by atoms with E-state index in [9.17, 15) is 13.6 Å². The molecule has 2 N–H and O–H groups in total. The molecule has 1 aromatic rings. The van der Waals surface area contributed by atoms with Crippen LogP contribution in [-0.4, -0.2) is 23.7 Å². The number of carbonyl (C=O) groups is 1. The second-order valence-corrected chi connectivity index (χ2v) is 5.27. The zero-order chi connectivity index (χ0) is 15.2. The maximum atomic E-state index is 12.3. The van der Waals surface area contributed by atoms with Gasteiger partial charge in [0.2, 0.25) is 0 Å². The Morgan fingerprint density at radius 1 is 1.38 bits per heavy atom. The monoisotopic (exact) mass is 299 g/mol. The molecule has 1 aliphatic rings. The van der Waals surface area contributed by atoms with Crippen LogP contribution in [0.4, 0.5) is 8.78 Å². The van der Waals surface area contributed by atoms with Crippen LogP contribution >= 0.6 is 0 Å². The molecule has 1 aromatic carbocycles. The van der Waals surface area contributed by atoms with Crippen molar-refractivity contribution in [3.8, 4) is 5.75 Å². The summed E-state index contributed by atoms with van der Waals surface area (Å²) in [6, 6.07) is 6.73. The van der Waals surface area contributed by atoms with E-state index in [0.717, 1.165) is 12.8 Å². The number of halogens is 2. The van der Waals surface area contributed by atoms with Crippen molar-refractivity contribution < 1.29 is 23.4 Å². The van der Waals surface area contributed by atoms with Crippen LogP contribution in [0.25, 0.3) is 0 Å². The Hall–Kier alpha value is -1.69. The smallest absolute Gasteiger partial charge is 0.387 e. The normalized spacial score (nSPS) is 22.2. The van der Waals surface area contributed by atoms with Crippen molar-refractivity contribution >= 4 is 5.97 Å². The predicted molar refractivity (Wildman–Crippen MR) is 73.3 cm³/mol. The fraction of sp³-hybridized carbons (Fsp3) is 0.533. The van der Waals surface area contributed by atoms with Crippen molar-refractivity contribution in [1.29, 1.82) is 0 Å². The van der Waals surface area contributed by atoms with Gasteiger partial charge in [0.1, 0.15) is 5.75 Å². The maximum Gasteiger partial charge on any atom is 0.387 e. The zero-order valence-corrected chi connectivity index (χ0v) is 11.6. The Kier molecular flexibility index (Phi) is 5.50. The Morgan fingerprint density at radius 3 is 2.86 bits per heavy atom. The highest BCUT2D eigenvalue weighted by Gasteiger charge is 2.26. The molecule has 0 aliphatic heterocycles. The lowest BCUT2D eigenvalue weighted by Crippen LogP contribution is -2.36. The molecule has 1 fully saturated rings. The summed E-state index contributed by atoms with van der Waals surface area (Å²) in [5.74, 6) is -0.919. The molecule has 0 saturated heterocycles. The highest BCUT2D eigenvalue weighted by Crippen LogP contribution is 2.26. The van der Waals surface area contributed by atoms with E-state index in [-0.39, 0.29) is 17.7 Å². The lowest BCUT2D eigenvalue weighted by atomic mass is 9.86. The molecule has 2 rings (SSSR count). The largest absolute Gasteiger partial charge is 0.481 e. The van der Waals surface area contributed by atoms with Crippen LogP contribution in [0.5, 0.6) is 5.75 Å². The summed E-state index contributed by atoms with van der Waals surface area (Å²) < 4.78 is 29.1. The van der Waals surface area contributed by atoms with E-state index in [1.54, 1.807) is 18.2 Å². The minimum atomic E-state index is -2.85. The van der Waals surface area contributed by atoms with Crippen LogP contribution in [0, 0.1) is 5.92 Å². The van der Waals surface area contributed by atoms with E-state index in [0.29, 0.717) is 24.9 Å². The van der Waals surface area contributed by atoms with Crippen LogP contribution in [0.15, 0.2) is 24.3 Å². The molecular formula is C15H19F2NO3. The maximum absolute atomic E-state index is 12.3. The number of alkyl halides is 2. The lowest BCUT2D eigenvalue weighted by molar-refractivity contribution is -0.143. The van der Waals surface area contributed by atoms with Crippen LogP contribution in [0.3, 0.4) is 0 Å². The van der Waals surface area contributed by atoms with Gasteiger partial charge in [-0.2, -0.15) is 8.78 Å². The second kappa shape index (κ2) is 7.36. The third-order valence-corrected chi connectivity index (χ3v) is 3.79. The molecule has 0 spiro atoms. The van der Waals surface area contributed by atoms with E-state index in [4.69, 9.17) is 5.11 Å². The van der Waals surface area contributed by atoms with Gasteiger partial charge in [0, 0.05) is 18.2 Å². The minimum Gasteiger partial charge on any atom is -0.481 e. The number of carboxylic acids is 1. The Morgan fingerprint density at radius 2 is 2.14 bits per heavy atom. The minimum absolute atomic E-state index is 0.0967. The van der Waals surface area contributed by atoms with E-state index >= 15 is 0 Å². The van der Waals surface area contributed by atoms with Gasteiger partial charge in [-0.3, -0.25) is 4.79 Å². The number of hydrogen-bond acceptors (Lipinski definition) is 3. The number of hydrogen-bond donors (Lipinski definition) is 2. The van der Waals surface area contributed by atoms with Crippen molar-refractivity contribution in [3.05, 3.63) is 29.8 Å². The first-order valence-corrected chi connectivity index (χ1v) is 7.05. The van der Waals surface area contributed by atoms with Gasteiger partial charge in [0.05, 0.1) is 5.92 Å². The van der Waals surface area contributed by atoms with Gasteiger partial charge in [0.25, 0.3) is 0 Å². The van der Waals surface area contributed by atoms with Gasteiger partial charge in [-0.25, -0.2) is 0 Å². The standard InChI is InChI=1S/C15H19F2NO3/c16-15(17)21-13-7-2-1-4-11(13)9-18-12-6-3-5-10(8-12)14(19)20/h1-2,4,7,10,12,15,18H,3,5-6,8-9H2,(H,19,20). The zero-order valence-electron chi connectivity index (χ0n) is 11.6. The van der Waals surface area contributed by atoms with Crippen LogP contribution in [0.1, 0.15) is 31.2 Å². The third kappa shape index (κ3) is 4.67. The predicted octanol–water partition coefficient (Wildman–Crippen LogP) is 3.02. The Labute approximate surface area is 122 Å². The van der Waals surface area contributed by atoms with Crippen molar-refractivity contribution in [2.24, 2.45) is 5.92 Å². The summed E-state index contributed by atoms with van der Waals surface area (Å²) in [4.78, 5) is 11.0. The third-order valence-electron chi connectivity index (χ3n) is 3.79. The van der Waals surface area contributed by atoms with Gasteiger partial charge >= 0.3 is 12.6 Å². The van der Waals surface area contributed by atoms with Crippen LogP contribution in [0.2, 0.25) is 0 Å². The quantitative estimate of drug-likeness (QED) is 0.847. The van der Waals surface area contributed by atoms with Gasteiger partial charge in [-0.05, 0) is 25.3 Å². The summed E-state index contributed by atoms with van der Waals surface area (Å²) >= 11 is 0. The number of para-hydroxylation sites is 1. The average molecular weight is 299 g/mol. The first-order chi connectivity index (χ1) is 10.1. The molecule has 1 aliphatic carbocycles. The van der Waals surface area contributed by atoms with Crippen molar-refractivity contribution in [2.75, 3.05) is 0 Å². The van der Waals surface area contributed by atoms with E-state index in [1.807, 2.05) is 0 Å². The number of nitrogens with one attached hydrogen (secondary N) is 1. The average Bonchev–Trinajstić information content (AvgIpc) is 2.46. The molecule has 21 heavy (non-hydrogen) atoms. The number of benzene rings is 1. The number of aliphatic carboxylic acids is 1. The van der Waals surface area contributed by atoms with Crippen LogP contribution in [-0.2, 0) is 11.3 Å². The molecule has 0 amide bonds. The summed E-state index contributed by atoms with van der Waals surface area (Å²) in [5.41, 5.74) is 0.648. The highest BCUT2D eigenvalue weighted by molar-refractivity contribution is 5.70. The molecule has 2 unspecified atom stereocenters. The first kappa shape index (κ1) is 15.7. The molecule has 0 aromatic heterocycles.